The molecule has 1 aromatic carbocycles. The molecule has 2 N–H and O–H groups in total. The third-order valence-electron chi connectivity index (χ3n) is 1.75. The van der Waals surface area contributed by atoms with E-state index in [1.54, 1.807) is 0 Å². The normalized spacial score (nSPS) is 14.6. The number of halogens is 1. The standard InChI is InChI=1S/C8H7IN2S/c9-6-1-2-7-5(3-6)4-10-8(12)11-7/h1-3H,4H2,(H2,10,11,12). The van der Waals surface area contributed by atoms with Gasteiger partial charge in [0.15, 0.2) is 5.11 Å². The molecule has 1 heterocycles. The third-order valence-corrected chi connectivity index (χ3v) is 2.67. The largest absolute Gasteiger partial charge is 0.358 e. The van der Waals surface area contributed by atoms with Crippen LogP contribution in [0.15, 0.2) is 18.2 Å². The maximum absolute atomic E-state index is 4.99. The maximum atomic E-state index is 4.99. The number of rotatable bonds is 0. The summed E-state index contributed by atoms with van der Waals surface area (Å²) < 4.78 is 1.25. The van der Waals surface area contributed by atoms with Crippen molar-refractivity contribution in [2.75, 3.05) is 5.32 Å². The number of nitrogens with one attached hydrogen (secondary N) is 2. The molecule has 0 saturated heterocycles. The Morgan fingerprint density at radius 2 is 2.25 bits per heavy atom. The van der Waals surface area contributed by atoms with Crippen LogP contribution in [0.5, 0.6) is 0 Å². The Hall–Kier alpha value is -0.360. The summed E-state index contributed by atoms with van der Waals surface area (Å²) in [5, 5.41) is 6.90. The van der Waals surface area contributed by atoms with Crippen LogP contribution in [0, 0.1) is 3.57 Å². The SMILES string of the molecule is S=C1NCc2cc(I)ccc2N1. The summed E-state index contributed by atoms with van der Waals surface area (Å²) in [7, 11) is 0. The van der Waals surface area contributed by atoms with Crippen molar-refractivity contribution < 1.29 is 0 Å². The van der Waals surface area contributed by atoms with Crippen LogP contribution < -0.4 is 10.6 Å². The lowest BCUT2D eigenvalue weighted by Crippen LogP contribution is -2.33. The molecule has 0 fully saturated rings. The van der Waals surface area contributed by atoms with Crippen molar-refractivity contribution in [3.05, 3.63) is 27.3 Å². The Bertz CT molecular complexity index is 338. The number of anilines is 1. The van der Waals surface area contributed by atoms with E-state index in [0.717, 1.165) is 12.2 Å². The van der Waals surface area contributed by atoms with Crippen molar-refractivity contribution >= 4 is 45.6 Å². The first-order valence-corrected chi connectivity index (χ1v) is 5.08. The summed E-state index contributed by atoms with van der Waals surface area (Å²) in [4.78, 5) is 0. The highest BCUT2D eigenvalue weighted by molar-refractivity contribution is 14.1. The van der Waals surface area contributed by atoms with Crippen molar-refractivity contribution in [3.8, 4) is 0 Å². The van der Waals surface area contributed by atoms with Gasteiger partial charge in [-0.2, -0.15) is 0 Å². The van der Waals surface area contributed by atoms with Gasteiger partial charge in [-0.15, -0.1) is 0 Å². The topological polar surface area (TPSA) is 24.1 Å². The number of fused-ring (bicyclic) bond motifs is 1. The maximum Gasteiger partial charge on any atom is 0.171 e. The van der Waals surface area contributed by atoms with Crippen LogP contribution in [-0.2, 0) is 6.54 Å². The highest BCUT2D eigenvalue weighted by Crippen LogP contribution is 2.20. The van der Waals surface area contributed by atoms with Gasteiger partial charge in [0, 0.05) is 15.8 Å². The molecule has 2 rings (SSSR count). The fraction of sp³-hybridized carbons (Fsp3) is 0.125. The molecule has 0 atom stereocenters. The van der Waals surface area contributed by atoms with Gasteiger partial charge in [0.05, 0.1) is 0 Å². The Balaban J connectivity index is 2.43. The third kappa shape index (κ3) is 1.54. The van der Waals surface area contributed by atoms with E-state index in [9.17, 15) is 0 Å². The molecule has 12 heavy (non-hydrogen) atoms. The van der Waals surface area contributed by atoms with Crippen LogP contribution in [0.3, 0.4) is 0 Å². The number of hydrogen-bond donors (Lipinski definition) is 2. The molecular formula is C8H7IN2S. The number of benzene rings is 1. The first-order valence-electron chi connectivity index (χ1n) is 3.59. The van der Waals surface area contributed by atoms with E-state index < -0.39 is 0 Å². The van der Waals surface area contributed by atoms with E-state index in [0.29, 0.717) is 5.11 Å². The predicted octanol–water partition coefficient (Wildman–Crippen LogP) is 2.09. The summed E-state index contributed by atoms with van der Waals surface area (Å²) in [5.74, 6) is 0. The zero-order chi connectivity index (χ0) is 8.55. The van der Waals surface area contributed by atoms with Gasteiger partial charge in [0.2, 0.25) is 0 Å². The highest BCUT2D eigenvalue weighted by atomic mass is 127. The van der Waals surface area contributed by atoms with Gasteiger partial charge in [-0.25, -0.2) is 0 Å². The molecule has 0 unspecified atom stereocenters. The van der Waals surface area contributed by atoms with Gasteiger partial charge in [0.1, 0.15) is 0 Å². The second-order valence-electron chi connectivity index (χ2n) is 2.61. The number of thiocarbonyl (C=S) groups is 1. The lowest BCUT2D eigenvalue weighted by molar-refractivity contribution is 0.907. The molecule has 1 aliphatic heterocycles. The van der Waals surface area contributed by atoms with Crippen molar-refractivity contribution in [2.45, 2.75) is 6.54 Å². The van der Waals surface area contributed by atoms with Crippen LogP contribution in [0.1, 0.15) is 5.56 Å². The Kier molecular flexibility index (Phi) is 2.18. The molecule has 0 spiro atoms. The smallest absolute Gasteiger partial charge is 0.171 e. The van der Waals surface area contributed by atoms with Gasteiger partial charge in [-0.3, -0.25) is 0 Å². The Morgan fingerprint density at radius 1 is 1.42 bits per heavy atom. The second-order valence-corrected chi connectivity index (χ2v) is 4.26. The minimum absolute atomic E-state index is 0.712. The molecule has 62 valence electrons. The lowest BCUT2D eigenvalue weighted by atomic mass is 10.1. The molecule has 0 aliphatic carbocycles. The zero-order valence-corrected chi connectivity index (χ0v) is 9.20. The van der Waals surface area contributed by atoms with E-state index >= 15 is 0 Å². The average Bonchev–Trinajstić information content (AvgIpc) is 2.05. The van der Waals surface area contributed by atoms with E-state index in [-0.39, 0.29) is 0 Å². The fourth-order valence-electron chi connectivity index (χ4n) is 1.17. The minimum atomic E-state index is 0.712. The molecule has 0 saturated carbocycles. The molecule has 0 radical (unpaired) electrons. The first kappa shape index (κ1) is 8.25. The second kappa shape index (κ2) is 3.18. The van der Waals surface area contributed by atoms with Gasteiger partial charge >= 0.3 is 0 Å². The van der Waals surface area contributed by atoms with Crippen molar-refractivity contribution in [2.24, 2.45) is 0 Å². The minimum Gasteiger partial charge on any atom is -0.358 e. The van der Waals surface area contributed by atoms with E-state index in [1.807, 2.05) is 0 Å². The van der Waals surface area contributed by atoms with Crippen LogP contribution >= 0.6 is 34.8 Å². The zero-order valence-electron chi connectivity index (χ0n) is 6.23. The lowest BCUT2D eigenvalue weighted by Gasteiger charge is -2.20. The Morgan fingerprint density at radius 3 is 3.08 bits per heavy atom. The van der Waals surface area contributed by atoms with Crippen molar-refractivity contribution in [1.29, 1.82) is 0 Å². The average molecular weight is 290 g/mol. The van der Waals surface area contributed by atoms with Gasteiger partial charge < -0.3 is 10.6 Å². The summed E-state index contributed by atoms with van der Waals surface area (Å²) in [6, 6.07) is 6.28. The highest BCUT2D eigenvalue weighted by Gasteiger charge is 2.10. The van der Waals surface area contributed by atoms with Gasteiger partial charge in [-0.05, 0) is 58.6 Å². The monoisotopic (exact) mass is 290 g/mol. The summed E-state index contributed by atoms with van der Waals surface area (Å²) in [5.41, 5.74) is 2.40. The molecule has 1 aliphatic rings. The van der Waals surface area contributed by atoms with E-state index in [4.69, 9.17) is 12.2 Å². The fourth-order valence-corrected chi connectivity index (χ4v) is 1.91. The van der Waals surface area contributed by atoms with E-state index in [1.165, 1.54) is 9.13 Å². The molecule has 4 heteroatoms. The van der Waals surface area contributed by atoms with Gasteiger partial charge in [0.25, 0.3) is 0 Å². The summed E-state index contributed by atoms with van der Waals surface area (Å²) >= 11 is 7.29. The summed E-state index contributed by atoms with van der Waals surface area (Å²) in [6.07, 6.45) is 0. The van der Waals surface area contributed by atoms with E-state index in [2.05, 4.69) is 51.4 Å². The summed E-state index contributed by atoms with van der Waals surface area (Å²) in [6.45, 7) is 0.831. The first-order chi connectivity index (χ1) is 5.75. The molecule has 0 bridgehead atoms. The molecule has 1 aromatic rings. The molecular weight excluding hydrogens is 283 g/mol. The quantitative estimate of drug-likeness (QED) is 0.565. The van der Waals surface area contributed by atoms with Crippen LogP contribution in [-0.4, -0.2) is 5.11 Å². The molecule has 2 nitrogen and oxygen atoms in total. The molecule has 0 aromatic heterocycles. The predicted molar refractivity (Wildman–Crippen MR) is 62.2 cm³/mol. The van der Waals surface area contributed by atoms with Crippen molar-refractivity contribution in [1.82, 2.24) is 5.32 Å². The van der Waals surface area contributed by atoms with Crippen LogP contribution in [0.2, 0.25) is 0 Å². The number of hydrogen-bond acceptors (Lipinski definition) is 1. The van der Waals surface area contributed by atoms with Crippen LogP contribution in [0.25, 0.3) is 0 Å². The molecule has 0 amide bonds. The van der Waals surface area contributed by atoms with Crippen LogP contribution in [0.4, 0.5) is 5.69 Å². The Labute approximate surface area is 89.9 Å². The van der Waals surface area contributed by atoms with Gasteiger partial charge in [-0.1, -0.05) is 0 Å². The van der Waals surface area contributed by atoms with Crippen molar-refractivity contribution in [3.63, 3.8) is 0 Å².